The van der Waals surface area contributed by atoms with Gasteiger partial charge in [-0.15, -0.1) is 0 Å². The van der Waals surface area contributed by atoms with Crippen LogP contribution in [-0.4, -0.2) is 8.07 Å². The average molecular weight is 618 g/mol. The van der Waals surface area contributed by atoms with E-state index >= 15 is 0 Å². The standard InChI is InChI=1S/C33H39Si.3ClH.Ti/c1-8-9-10-29-11-12-30(22-29)34(31-16-23(2)13-24(3)17-31,32-18-25(4)14-26(5)19-32)33-20-27(6)15-28(7)21-33;;;;/h11-22H,8-10H2,1-7H3;3*1H;/q;;;;+3/p-3. The molecule has 1 atom stereocenters. The van der Waals surface area contributed by atoms with Crippen molar-refractivity contribution < 1.29 is 57.7 Å². The molecule has 3 aromatic rings. The van der Waals surface area contributed by atoms with Crippen LogP contribution in [0.25, 0.3) is 0 Å². The van der Waals surface area contributed by atoms with Crippen LogP contribution in [-0.2, 0) is 20.4 Å². The summed E-state index contributed by atoms with van der Waals surface area (Å²) in [6.45, 7) is 15.8. The number of unbranched alkanes of at least 4 members (excludes halogenated alkanes) is 1. The van der Waals surface area contributed by atoms with Crippen molar-refractivity contribution >= 4 is 23.6 Å². The summed E-state index contributed by atoms with van der Waals surface area (Å²) in [5, 5.41) is 4.56. The Balaban J connectivity index is 0.00000241. The molecule has 0 nitrogen and oxygen atoms in total. The number of rotatable bonds is 7. The van der Waals surface area contributed by atoms with E-state index in [1.807, 2.05) is 0 Å². The summed E-state index contributed by atoms with van der Waals surface area (Å²) in [5.41, 5.74) is 9.62. The molecule has 0 amide bonds. The zero-order valence-electron chi connectivity index (χ0n) is 23.7. The fraction of sp³-hybridized carbons (Fsp3) is 0.333. The number of benzene rings is 3. The third-order valence-corrected chi connectivity index (χ3v) is 14.6. The van der Waals surface area contributed by atoms with E-state index in [0.29, 0.717) is 0 Å². The van der Waals surface area contributed by atoms with Crippen molar-refractivity contribution in [3.05, 3.63) is 112 Å². The first-order valence-corrected chi connectivity index (χ1v) is 15.8. The van der Waals surface area contributed by atoms with Gasteiger partial charge >= 0.3 is 227 Å². The molecule has 0 N–H and O–H groups in total. The molecule has 0 saturated heterocycles. The fourth-order valence-corrected chi connectivity index (χ4v) is 14.5. The van der Waals surface area contributed by atoms with Crippen LogP contribution in [0.15, 0.2) is 78.4 Å². The van der Waals surface area contributed by atoms with E-state index in [0.717, 1.165) is 0 Å². The first kappa shape index (κ1) is 35.0. The van der Waals surface area contributed by atoms with Gasteiger partial charge in [-0.25, -0.2) is 0 Å². The Morgan fingerprint density at radius 2 is 0.947 bits per heavy atom. The molecule has 1 aliphatic carbocycles. The first-order valence-electron chi connectivity index (χ1n) is 13.0. The summed E-state index contributed by atoms with van der Waals surface area (Å²) in [5.74, 6) is 0. The Labute approximate surface area is 262 Å². The maximum Gasteiger partial charge on any atom is -1.00 e. The minimum Gasteiger partial charge on any atom is -1.00 e. The van der Waals surface area contributed by atoms with Crippen molar-refractivity contribution in [1.82, 2.24) is 0 Å². The maximum atomic E-state index is 2.64. The van der Waals surface area contributed by atoms with E-state index in [9.17, 15) is 0 Å². The van der Waals surface area contributed by atoms with Gasteiger partial charge in [0.15, 0.2) is 0 Å². The number of allylic oxidation sites excluding steroid dienone is 4. The number of halogens is 3. The summed E-state index contributed by atoms with van der Waals surface area (Å²) in [4.78, 5) is 0. The molecular formula is C33H39Cl3SiTi. The molecule has 0 saturated carbocycles. The van der Waals surface area contributed by atoms with Crippen molar-refractivity contribution in [1.29, 1.82) is 0 Å². The largest absolute Gasteiger partial charge is 1.00 e. The Morgan fingerprint density at radius 3 is 1.26 bits per heavy atom. The molecule has 4 rings (SSSR count). The van der Waals surface area contributed by atoms with Crippen molar-refractivity contribution in [2.24, 2.45) is 0 Å². The molecule has 0 heterocycles. The second-order valence-corrected chi connectivity index (χ2v) is 17.0. The van der Waals surface area contributed by atoms with Gasteiger partial charge in [0.25, 0.3) is 0 Å². The first-order chi connectivity index (χ1) is 16.6. The molecule has 0 aromatic heterocycles. The fourth-order valence-electron chi connectivity index (χ4n) is 6.19. The molecule has 0 fully saturated rings. The van der Waals surface area contributed by atoms with Gasteiger partial charge in [0.1, 0.15) is 0 Å². The summed E-state index contributed by atoms with van der Waals surface area (Å²) in [7, 11) is -2.55. The molecule has 0 radical (unpaired) electrons. The van der Waals surface area contributed by atoms with E-state index in [2.05, 4.69) is 142 Å². The van der Waals surface area contributed by atoms with Crippen molar-refractivity contribution in [3.8, 4) is 0 Å². The molecular weight excluding hydrogens is 579 g/mol. The third-order valence-electron chi connectivity index (χ3n) is 7.38. The predicted molar refractivity (Wildman–Crippen MR) is 152 cm³/mol. The molecule has 5 heteroatoms. The van der Waals surface area contributed by atoms with Crippen LogP contribution in [0.5, 0.6) is 0 Å². The van der Waals surface area contributed by atoms with E-state index in [-0.39, 0.29) is 40.6 Å². The summed E-state index contributed by atoms with van der Waals surface area (Å²) >= 11 is 2.52. The monoisotopic (exact) mass is 616 g/mol. The quantitative estimate of drug-likeness (QED) is 0.212. The van der Waals surface area contributed by atoms with Crippen LogP contribution in [0.1, 0.15) is 59.6 Å². The van der Waals surface area contributed by atoms with Crippen LogP contribution >= 0.6 is 0 Å². The van der Waals surface area contributed by atoms with Gasteiger partial charge in [-0.05, 0) is 0 Å². The van der Waals surface area contributed by atoms with Crippen LogP contribution in [0.3, 0.4) is 0 Å². The topological polar surface area (TPSA) is 0 Å². The van der Waals surface area contributed by atoms with Gasteiger partial charge < -0.3 is 37.2 Å². The van der Waals surface area contributed by atoms with E-state index in [1.165, 1.54) is 73.8 Å². The molecule has 0 spiro atoms. The summed E-state index contributed by atoms with van der Waals surface area (Å²) < 4.78 is -0.0588. The van der Waals surface area contributed by atoms with Crippen LogP contribution < -0.4 is 52.8 Å². The second-order valence-electron chi connectivity index (χ2n) is 10.9. The SMILES string of the molecule is CCCCC1=C[C]([Ti+3])([Si](c2cc(C)cc(C)c2)(c2cc(C)cc(C)c2)c2cc(C)cc(C)c2)C=C1.[Cl-].[Cl-].[Cl-]. The molecule has 3 aromatic carbocycles. The molecule has 0 bridgehead atoms. The minimum atomic E-state index is -2.55. The van der Waals surface area contributed by atoms with Gasteiger partial charge in [0.2, 0.25) is 0 Å². The van der Waals surface area contributed by atoms with Gasteiger partial charge in [0.05, 0.1) is 0 Å². The molecule has 38 heavy (non-hydrogen) atoms. The zero-order valence-corrected chi connectivity index (χ0v) is 28.5. The molecule has 1 unspecified atom stereocenters. The molecule has 0 aliphatic heterocycles. The van der Waals surface area contributed by atoms with Crippen molar-refractivity contribution in [3.63, 3.8) is 0 Å². The van der Waals surface area contributed by atoms with Gasteiger partial charge in [-0.2, -0.15) is 0 Å². The van der Waals surface area contributed by atoms with Crippen molar-refractivity contribution in [2.75, 3.05) is 0 Å². The van der Waals surface area contributed by atoms with Crippen LogP contribution in [0, 0.1) is 41.5 Å². The van der Waals surface area contributed by atoms with Crippen molar-refractivity contribution in [2.45, 2.75) is 71.1 Å². The Kier molecular flexibility index (Phi) is 12.9. The second kappa shape index (κ2) is 14.0. The summed E-state index contributed by atoms with van der Waals surface area (Å²) in [6.07, 6.45) is 11.3. The zero-order chi connectivity index (χ0) is 25.4. The smallest absolute Gasteiger partial charge is 1.00 e. The third kappa shape index (κ3) is 6.80. The molecule has 1 aliphatic rings. The average Bonchev–Trinajstić information content (AvgIpc) is 3.12. The number of aryl methyl sites for hydroxylation is 6. The Bertz CT molecular complexity index is 1140. The van der Waals surface area contributed by atoms with Gasteiger partial charge in [0, 0.05) is 0 Å². The van der Waals surface area contributed by atoms with E-state index in [1.54, 1.807) is 0 Å². The Hall–Kier alpha value is -1.06. The normalized spacial score (nSPS) is 16.3. The maximum absolute atomic E-state index is 2.64. The van der Waals surface area contributed by atoms with Crippen LogP contribution in [0.4, 0.5) is 0 Å². The minimum absolute atomic E-state index is 0. The van der Waals surface area contributed by atoms with Gasteiger partial charge in [-0.1, -0.05) is 0 Å². The van der Waals surface area contributed by atoms with Gasteiger partial charge in [-0.3, -0.25) is 0 Å². The Morgan fingerprint density at radius 1 is 0.605 bits per heavy atom. The predicted octanol–water partition coefficient (Wildman–Crippen LogP) is -2.05. The number of hydrogen-bond donors (Lipinski definition) is 0. The number of hydrogen-bond acceptors (Lipinski definition) is 0. The van der Waals surface area contributed by atoms with E-state index in [4.69, 9.17) is 0 Å². The summed E-state index contributed by atoms with van der Waals surface area (Å²) in [6, 6.07) is 21.9. The van der Waals surface area contributed by atoms with E-state index < -0.39 is 8.07 Å². The van der Waals surface area contributed by atoms with Crippen LogP contribution in [0.2, 0.25) is 3.34 Å². The molecule has 200 valence electrons.